The van der Waals surface area contributed by atoms with Gasteiger partial charge >= 0.3 is 0 Å². The maximum Gasteiger partial charge on any atom is 0.242 e. The van der Waals surface area contributed by atoms with Crippen LogP contribution in [0.15, 0.2) is 48.5 Å². The van der Waals surface area contributed by atoms with Crippen LogP contribution in [0, 0.1) is 11.2 Å². The van der Waals surface area contributed by atoms with Crippen LogP contribution in [0.4, 0.5) is 10.1 Å². The molecule has 0 aromatic heterocycles. The number of carbonyl (C=O) groups excluding carboxylic acids is 2. The van der Waals surface area contributed by atoms with Crippen molar-refractivity contribution in [3.8, 4) is 0 Å². The third-order valence-electron chi connectivity index (χ3n) is 5.32. The summed E-state index contributed by atoms with van der Waals surface area (Å²) in [5.74, 6) is -0.631. The Hall–Kier alpha value is -2.69. The lowest BCUT2D eigenvalue weighted by Gasteiger charge is -2.32. The van der Waals surface area contributed by atoms with Crippen LogP contribution in [0.2, 0.25) is 0 Å². The molecule has 0 saturated heterocycles. The first kappa shape index (κ1) is 16.8. The summed E-state index contributed by atoms with van der Waals surface area (Å²) in [4.78, 5) is 27.7. The van der Waals surface area contributed by atoms with E-state index in [9.17, 15) is 14.0 Å². The van der Waals surface area contributed by atoms with Gasteiger partial charge < -0.3 is 10.2 Å². The van der Waals surface area contributed by atoms with Crippen molar-refractivity contribution >= 4 is 17.5 Å². The van der Waals surface area contributed by atoms with Crippen LogP contribution in [-0.4, -0.2) is 18.4 Å². The summed E-state index contributed by atoms with van der Waals surface area (Å²) in [6, 6.07) is 13.9. The second-order valence-corrected chi connectivity index (χ2v) is 7.08. The van der Waals surface area contributed by atoms with Crippen molar-refractivity contribution in [3.05, 3.63) is 65.5 Å². The Balaban J connectivity index is 1.47. The van der Waals surface area contributed by atoms with E-state index in [-0.39, 0.29) is 17.6 Å². The van der Waals surface area contributed by atoms with Crippen molar-refractivity contribution in [1.82, 2.24) is 5.32 Å². The molecule has 26 heavy (non-hydrogen) atoms. The standard InChI is InChI=1S/C21H21FN2O2/c22-17-9-7-15(8-10-17)14-23-19(25)21(11-12-21)20(26)24-13-3-5-16-4-1-2-6-18(16)24/h1-2,4,6-10H,3,5,11-14H2,(H,23,25). The first-order valence-electron chi connectivity index (χ1n) is 9.03. The number of nitrogens with one attached hydrogen (secondary N) is 1. The predicted molar refractivity (Wildman–Crippen MR) is 97.0 cm³/mol. The number of hydrogen-bond acceptors (Lipinski definition) is 2. The number of para-hydroxylation sites is 1. The molecule has 1 aliphatic heterocycles. The van der Waals surface area contributed by atoms with Gasteiger partial charge in [-0.25, -0.2) is 4.39 Å². The first-order valence-corrected chi connectivity index (χ1v) is 9.03. The van der Waals surface area contributed by atoms with Crippen LogP contribution in [0.1, 0.15) is 30.4 Å². The van der Waals surface area contributed by atoms with Crippen LogP contribution in [0.3, 0.4) is 0 Å². The Labute approximate surface area is 152 Å². The second kappa shape index (κ2) is 6.56. The zero-order valence-electron chi connectivity index (χ0n) is 14.5. The molecule has 1 saturated carbocycles. The summed E-state index contributed by atoms with van der Waals surface area (Å²) in [6.07, 6.45) is 3.04. The molecule has 2 aliphatic rings. The molecule has 0 atom stereocenters. The largest absolute Gasteiger partial charge is 0.351 e. The van der Waals surface area contributed by atoms with Crippen molar-refractivity contribution in [2.75, 3.05) is 11.4 Å². The topological polar surface area (TPSA) is 49.4 Å². The number of amides is 2. The van der Waals surface area contributed by atoms with Gasteiger partial charge in [0.05, 0.1) is 0 Å². The highest BCUT2D eigenvalue weighted by atomic mass is 19.1. The van der Waals surface area contributed by atoms with Gasteiger partial charge in [-0.2, -0.15) is 0 Å². The fourth-order valence-corrected chi connectivity index (χ4v) is 3.62. The van der Waals surface area contributed by atoms with Crippen molar-refractivity contribution in [3.63, 3.8) is 0 Å². The summed E-state index contributed by atoms with van der Waals surface area (Å²) in [7, 11) is 0. The third-order valence-corrected chi connectivity index (χ3v) is 5.32. The quantitative estimate of drug-likeness (QED) is 0.859. The van der Waals surface area contributed by atoms with Gasteiger partial charge in [0.25, 0.3) is 0 Å². The average Bonchev–Trinajstić information content (AvgIpc) is 3.48. The number of rotatable bonds is 4. The molecule has 0 bridgehead atoms. The van der Waals surface area contributed by atoms with Crippen molar-refractivity contribution < 1.29 is 14.0 Å². The molecule has 5 heteroatoms. The van der Waals surface area contributed by atoms with Gasteiger partial charge in [-0.15, -0.1) is 0 Å². The zero-order chi connectivity index (χ0) is 18.1. The molecule has 1 aliphatic carbocycles. The Bertz CT molecular complexity index is 843. The van der Waals surface area contributed by atoms with Gasteiger partial charge in [0.1, 0.15) is 11.2 Å². The monoisotopic (exact) mass is 352 g/mol. The van der Waals surface area contributed by atoms with Gasteiger partial charge in [-0.3, -0.25) is 9.59 Å². The number of carbonyl (C=O) groups is 2. The molecule has 0 radical (unpaired) electrons. The first-order chi connectivity index (χ1) is 12.6. The average molecular weight is 352 g/mol. The van der Waals surface area contributed by atoms with Crippen LogP contribution in [0.25, 0.3) is 0 Å². The van der Waals surface area contributed by atoms with E-state index >= 15 is 0 Å². The second-order valence-electron chi connectivity index (χ2n) is 7.08. The maximum absolute atomic E-state index is 13.2. The van der Waals surface area contributed by atoms with E-state index in [1.54, 1.807) is 17.0 Å². The van der Waals surface area contributed by atoms with E-state index in [0.717, 1.165) is 29.7 Å². The molecular weight excluding hydrogens is 331 g/mol. The van der Waals surface area contributed by atoms with E-state index in [0.29, 0.717) is 25.9 Å². The number of halogens is 1. The lowest BCUT2D eigenvalue weighted by atomic mass is 9.97. The van der Waals surface area contributed by atoms with Crippen LogP contribution in [0.5, 0.6) is 0 Å². The Morgan fingerprint density at radius 3 is 2.54 bits per heavy atom. The molecule has 1 fully saturated rings. The molecule has 4 rings (SSSR count). The molecule has 4 nitrogen and oxygen atoms in total. The third kappa shape index (κ3) is 2.98. The van der Waals surface area contributed by atoms with Gasteiger partial charge in [0.2, 0.25) is 11.8 Å². The molecule has 2 amide bonds. The number of fused-ring (bicyclic) bond motifs is 1. The van der Waals surface area contributed by atoms with Gasteiger partial charge in [-0.05, 0) is 55.0 Å². The Morgan fingerprint density at radius 1 is 1.08 bits per heavy atom. The highest BCUT2D eigenvalue weighted by Gasteiger charge is 2.58. The number of aryl methyl sites for hydroxylation is 1. The van der Waals surface area contributed by atoms with E-state index < -0.39 is 5.41 Å². The lowest BCUT2D eigenvalue weighted by molar-refractivity contribution is -0.135. The van der Waals surface area contributed by atoms with Crippen molar-refractivity contribution in [1.29, 1.82) is 0 Å². The SMILES string of the molecule is O=C(NCc1ccc(F)cc1)C1(C(=O)N2CCCc3ccccc32)CC1. The molecule has 0 unspecified atom stereocenters. The molecule has 2 aromatic carbocycles. The summed E-state index contributed by atoms with van der Waals surface area (Å²) in [5.41, 5.74) is 1.96. The number of anilines is 1. The van der Waals surface area contributed by atoms with Crippen LogP contribution < -0.4 is 10.2 Å². The van der Waals surface area contributed by atoms with Gasteiger partial charge in [0.15, 0.2) is 0 Å². The van der Waals surface area contributed by atoms with E-state index in [1.165, 1.54) is 12.1 Å². The summed E-state index contributed by atoms with van der Waals surface area (Å²) >= 11 is 0. The van der Waals surface area contributed by atoms with E-state index in [2.05, 4.69) is 5.32 Å². The lowest BCUT2D eigenvalue weighted by Crippen LogP contribution is -2.47. The van der Waals surface area contributed by atoms with Crippen LogP contribution >= 0.6 is 0 Å². The minimum Gasteiger partial charge on any atom is -0.351 e. The normalized spacial score (nSPS) is 17.3. The number of benzene rings is 2. The molecule has 2 aromatic rings. The zero-order valence-corrected chi connectivity index (χ0v) is 14.5. The van der Waals surface area contributed by atoms with Gasteiger partial charge in [0, 0.05) is 18.8 Å². The summed E-state index contributed by atoms with van der Waals surface area (Å²) in [6.45, 7) is 0.952. The van der Waals surface area contributed by atoms with Crippen LogP contribution in [-0.2, 0) is 22.6 Å². The highest BCUT2D eigenvalue weighted by molar-refractivity contribution is 6.14. The molecule has 1 heterocycles. The summed E-state index contributed by atoms with van der Waals surface area (Å²) in [5, 5.41) is 2.86. The van der Waals surface area contributed by atoms with E-state index in [1.807, 2.05) is 24.3 Å². The fraction of sp³-hybridized carbons (Fsp3) is 0.333. The number of hydrogen-bond donors (Lipinski definition) is 1. The Kier molecular flexibility index (Phi) is 4.23. The minimum atomic E-state index is -0.940. The number of nitrogens with zero attached hydrogens (tertiary/aromatic N) is 1. The fourth-order valence-electron chi connectivity index (χ4n) is 3.62. The maximum atomic E-state index is 13.2. The Morgan fingerprint density at radius 2 is 1.81 bits per heavy atom. The molecule has 1 N–H and O–H groups in total. The van der Waals surface area contributed by atoms with Crippen molar-refractivity contribution in [2.45, 2.75) is 32.2 Å². The molecule has 0 spiro atoms. The molecule has 134 valence electrons. The molecular formula is C21H21FN2O2. The van der Waals surface area contributed by atoms with Crippen molar-refractivity contribution in [2.24, 2.45) is 5.41 Å². The minimum absolute atomic E-state index is 0.0961. The predicted octanol–water partition coefficient (Wildman–Crippen LogP) is 3.20. The highest BCUT2D eigenvalue weighted by Crippen LogP contribution is 2.49. The summed E-state index contributed by atoms with van der Waals surface area (Å²) < 4.78 is 13.0. The van der Waals surface area contributed by atoms with E-state index in [4.69, 9.17) is 0 Å². The van der Waals surface area contributed by atoms with Gasteiger partial charge in [-0.1, -0.05) is 30.3 Å². The smallest absolute Gasteiger partial charge is 0.242 e.